The van der Waals surface area contributed by atoms with E-state index in [1.54, 1.807) is 28.9 Å². The van der Waals surface area contributed by atoms with Crippen LogP contribution < -0.4 is 0 Å². The third-order valence-corrected chi connectivity index (χ3v) is 4.58. The van der Waals surface area contributed by atoms with E-state index >= 15 is 0 Å². The number of hydrogen-bond acceptors (Lipinski definition) is 3. The molecule has 24 heavy (non-hydrogen) atoms. The summed E-state index contributed by atoms with van der Waals surface area (Å²) in [6, 6.07) is 7.22. The highest BCUT2D eigenvalue weighted by molar-refractivity contribution is 6.33. The number of likely N-dealkylation sites (tertiary alicyclic amines) is 1. The van der Waals surface area contributed by atoms with Gasteiger partial charge >= 0.3 is 5.97 Å². The lowest BCUT2D eigenvalue weighted by atomic mass is 9.97. The van der Waals surface area contributed by atoms with Crippen LogP contribution in [0, 0.1) is 5.92 Å². The van der Waals surface area contributed by atoms with E-state index in [0.717, 1.165) is 0 Å². The van der Waals surface area contributed by atoms with Gasteiger partial charge in [-0.25, -0.2) is 0 Å². The van der Waals surface area contributed by atoms with Crippen LogP contribution in [0.25, 0.3) is 11.3 Å². The molecule has 1 fully saturated rings. The van der Waals surface area contributed by atoms with Gasteiger partial charge in [0.05, 0.1) is 16.5 Å². The number of hydrogen-bond donors (Lipinski definition) is 1. The fourth-order valence-corrected chi connectivity index (χ4v) is 3.26. The number of piperidine rings is 1. The van der Waals surface area contributed by atoms with E-state index in [4.69, 9.17) is 11.6 Å². The molecule has 1 amide bonds. The lowest BCUT2D eigenvalue weighted by Gasteiger charge is -2.30. The molecule has 0 saturated carbocycles. The largest absolute Gasteiger partial charge is 0.481 e. The fourth-order valence-electron chi connectivity index (χ4n) is 3.03. The Labute approximate surface area is 144 Å². The number of rotatable bonds is 3. The zero-order valence-electron chi connectivity index (χ0n) is 13.3. The Kier molecular flexibility index (Phi) is 4.57. The maximum Gasteiger partial charge on any atom is 0.308 e. The number of aromatic nitrogens is 2. The highest BCUT2D eigenvalue weighted by Crippen LogP contribution is 2.30. The quantitative estimate of drug-likeness (QED) is 0.926. The summed E-state index contributed by atoms with van der Waals surface area (Å²) < 4.78 is 1.57. The number of amides is 1. The number of benzene rings is 1. The smallest absolute Gasteiger partial charge is 0.308 e. The zero-order chi connectivity index (χ0) is 17.3. The Hall–Kier alpha value is -2.34. The van der Waals surface area contributed by atoms with Crippen LogP contribution in [0.3, 0.4) is 0 Å². The standard InChI is InChI=1S/C17H18ClN3O3/c1-20-10-13(15(19-20)12-6-2-3-7-14(12)18)16(22)21-8-4-5-11(9-21)17(23)24/h2-3,6-7,10-11H,4-5,8-9H2,1H3,(H,23,24)/t11-/m0/s1. The van der Waals surface area contributed by atoms with Crippen LogP contribution in [0.15, 0.2) is 30.5 Å². The van der Waals surface area contributed by atoms with Gasteiger partial charge in [0, 0.05) is 31.9 Å². The number of carbonyl (C=O) groups is 2. The molecule has 1 saturated heterocycles. The molecule has 0 radical (unpaired) electrons. The molecule has 126 valence electrons. The van der Waals surface area contributed by atoms with Crippen molar-refractivity contribution in [3.8, 4) is 11.3 Å². The number of aliphatic carboxylic acids is 1. The molecule has 6 nitrogen and oxygen atoms in total. The second kappa shape index (κ2) is 6.65. The average Bonchev–Trinajstić information content (AvgIpc) is 2.96. The molecular formula is C17H18ClN3O3. The fraction of sp³-hybridized carbons (Fsp3) is 0.353. The van der Waals surface area contributed by atoms with Crippen LogP contribution in [-0.2, 0) is 11.8 Å². The van der Waals surface area contributed by atoms with Gasteiger partial charge in [0.25, 0.3) is 5.91 Å². The van der Waals surface area contributed by atoms with Gasteiger partial charge in [0.2, 0.25) is 0 Å². The van der Waals surface area contributed by atoms with E-state index in [-0.39, 0.29) is 12.5 Å². The molecule has 1 aliphatic heterocycles. The zero-order valence-corrected chi connectivity index (χ0v) is 14.0. The summed E-state index contributed by atoms with van der Waals surface area (Å²) in [5, 5.41) is 14.1. The molecule has 3 rings (SSSR count). The summed E-state index contributed by atoms with van der Waals surface area (Å²) in [6.07, 6.45) is 2.94. The van der Waals surface area contributed by atoms with E-state index in [0.29, 0.717) is 41.2 Å². The van der Waals surface area contributed by atoms with Gasteiger partial charge in [-0.15, -0.1) is 0 Å². The Morgan fingerprint density at radius 3 is 2.79 bits per heavy atom. The summed E-state index contributed by atoms with van der Waals surface area (Å²) in [6.45, 7) is 0.782. The summed E-state index contributed by atoms with van der Waals surface area (Å²) in [4.78, 5) is 25.7. The highest BCUT2D eigenvalue weighted by atomic mass is 35.5. The molecule has 1 N–H and O–H groups in total. The van der Waals surface area contributed by atoms with Crippen molar-refractivity contribution < 1.29 is 14.7 Å². The Morgan fingerprint density at radius 1 is 1.33 bits per heavy atom. The third kappa shape index (κ3) is 3.14. The van der Waals surface area contributed by atoms with Crippen LogP contribution in [0.5, 0.6) is 0 Å². The minimum absolute atomic E-state index is 0.205. The van der Waals surface area contributed by atoms with Gasteiger partial charge in [-0.05, 0) is 18.9 Å². The van der Waals surface area contributed by atoms with Gasteiger partial charge in [0.1, 0.15) is 5.69 Å². The van der Waals surface area contributed by atoms with Crippen molar-refractivity contribution in [3.05, 3.63) is 41.0 Å². The van der Waals surface area contributed by atoms with Gasteiger partial charge in [-0.2, -0.15) is 5.10 Å². The Balaban J connectivity index is 1.94. The Bertz CT molecular complexity index is 787. The van der Waals surface area contributed by atoms with Crippen molar-refractivity contribution in [2.45, 2.75) is 12.8 Å². The SMILES string of the molecule is Cn1cc(C(=O)N2CCC[C@H](C(=O)O)C2)c(-c2ccccc2Cl)n1. The summed E-state index contributed by atoms with van der Waals surface area (Å²) in [7, 11) is 1.74. The molecule has 0 spiro atoms. The van der Waals surface area contributed by atoms with E-state index < -0.39 is 11.9 Å². The molecular weight excluding hydrogens is 330 g/mol. The highest BCUT2D eigenvalue weighted by Gasteiger charge is 2.30. The first-order valence-corrected chi connectivity index (χ1v) is 8.16. The van der Waals surface area contributed by atoms with Crippen LogP contribution in [0.1, 0.15) is 23.2 Å². The van der Waals surface area contributed by atoms with Crippen molar-refractivity contribution >= 4 is 23.5 Å². The van der Waals surface area contributed by atoms with Gasteiger partial charge in [0.15, 0.2) is 0 Å². The normalized spacial score (nSPS) is 17.8. The molecule has 2 aromatic rings. The number of carboxylic acid groups (broad SMARTS) is 1. The monoisotopic (exact) mass is 347 g/mol. The predicted octanol–water partition coefficient (Wildman–Crippen LogP) is 2.68. The van der Waals surface area contributed by atoms with Gasteiger partial charge in [-0.1, -0.05) is 29.8 Å². The molecule has 1 aromatic carbocycles. The molecule has 7 heteroatoms. The van der Waals surface area contributed by atoms with Crippen molar-refractivity contribution in [1.29, 1.82) is 0 Å². The lowest BCUT2D eigenvalue weighted by Crippen LogP contribution is -2.42. The van der Waals surface area contributed by atoms with E-state index in [1.807, 2.05) is 18.2 Å². The summed E-state index contributed by atoms with van der Waals surface area (Å²) >= 11 is 6.24. The molecule has 1 aliphatic rings. The van der Waals surface area contributed by atoms with Crippen molar-refractivity contribution in [2.24, 2.45) is 13.0 Å². The molecule has 0 unspecified atom stereocenters. The Morgan fingerprint density at radius 2 is 2.08 bits per heavy atom. The number of nitrogens with zero attached hydrogens (tertiary/aromatic N) is 3. The second-order valence-corrected chi connectivity index (χ2v) is 6.38. The second-order valence-electron chi connectivity index (χ2n) is 5.97. The van der Waals surface area contributed by atoms with Crippen LogP contribution in [0.4, 0.5) is 0 Å². The maximum atomic E-state index is 12.9. The molecule has 0 aliphatic carbocycles. The maximum absolute atomic E-state index is 12.9. The topological polar surface area (TPSA) is 75.4 Å². The summed E-state index contributed by atoms with van der Waals surface area (Å²) in [5.74, 6) is -1.57. The number of aryl methyl sites for hydroxylation is 1. The first-order valence-electron chi connectivity index (χ1n) is 7.78. The van der Waals surface area contributed by atoms with Gasteiger partial charge in [-0.3, -0.25) is 14.3 Å². The van der Waals surface area contributed by atoms with Crippen molar-refractivity contribution in [3.63, 3.8) is 0 Å². The lowest BCUT2D eigenvalue weighted by molar-refractivity contribution is -0.143. The number of carbonyl (C=O) groups excluding carboxylic acids is 1. The van der Waals surface area contributed by atoms with E-state index in [1.165, 1.54) is 0 Å². The van der Waals surface area contributed by atoms with Crippen LogP contribution in [0.2, 0.25) is 5.02 Å². The molecule has 1 aromatic heterocycles. The minimum Gasteiger partial charge on any atom is -0.481 e. The molecule has 0 bridgehead atoms. The first-order chi connectivity index (χ1) is 11.5. The third-order valence-electron chi connectivity index (χ3n) is 4.25. The summed E-state index contributed by atoms with van der Waals surface area (Å²) in [5.41, 5.74) is 1.65. The number of halogens is 1. The average molecular weight is 348 g/mol. The van der Waals surface area contributed by atoms with Crippen LogP contribution in [-0.4, -0.2) is 44.8 Å². The van der Waals surface area contributed by atoms with Gasteiger partial charge < -0.3 is 10.0 Å². The molecule has 1 atom stereocenters. The first kappa shape index (κ1) is 16.5. The van der Waals surface area contributed by atoms with Crippen molar-refractivity contribution in [2.75, 3.05) is 13.1 Å². The van der Waals surface area contributed by atoms with E-state index in [2.05, 4.69) is 5.10 Å². The minimum atomic E-state index is -0.856. The predicted molar refractivity (Wildman–Crippen MR) is 89.9 cm³/mol. The number of carboxylic acids is 1. The molecule has 2 heterocycles. The van der Waals surface area contributed by atoms with E-state index in [9.17, 15) is 14.7 Å². The van der Waals surface area contributed by atoms with Crippen molar-refractivity contribution in [1.82, 2.24) is 14.7 Å². The van der Waals surface area contributed by atoms with Crippen LogP contribution >= 0.6 is 11.6 Å².